The summed E-state index contributed by atoms with van der Waals surface area (Å²) in [6.45, 7) is 12.7. The van der Waals surface area contributed by atoms with Crippen molar-refractivity contribution in [2.75, 3.05) is 20.6 Å². The number of likely N-dealkylation sites (N-methyl/N-ethyl adjacent to an activating group) is 1. The van der Waals surface area contributed by atoms with Crippen LogP contribution >= 0.6 is 0 Å². The van der Waals surface area contributed by atoms with E-state index < -0.39 is 8.24 Å². The molecule has 0 bridgehead atoms. The summed E-state index contributed by atoms with van der Waals surface area (Å²) in [6, 6.07) is 1.30. The van der Waals surface area contributed by atoms with Crippen LogP contribution in [0.15, 0.2) is 0 Å². The van der Waals surface area contributed by atoms with Crippen LogP contribution in [0.5, 0.6) is 0 Å². The van der Waals surface area contributed by atoms with Crippen LogP contribution in [0.1, 0.15) is 20.8 Å². The van der Waals surface area contributed by atoms with Crippen molar-refractivity contribution in [3.8, 4) is 0 Å². The van der Waals surface area contributed by atoms with Gasteiger partial charge in [0.15, 0.2) is 0 Å². The van der Waals surface area contributed by atoms with Crippen LogP contribution in [0.2, 0.25) is 19.1 Å². The SMILES string of the molecule is CC[Si](C)(C)NC(C)(C)CN(C)C. The number of nitrogens with zero attached hydrogens (tertiary/aromatic N) is 1. The second kappa shape index (κ2) is 4.58. The van der Waals surface area contributed by atoms with Crippen molar-refractivity contribution in [3.05, 3.63) is 0 Å². The molecule has 0 radical (unpaired) electrons. The standard InChI is InChI=1S/C10H26N2Si/c1-8-13(6,7)11-10(2,3)9-12(4)5/h11H,8-9H2,1-7H3. The second-order valence-corrected chi connectivity index (χ2v) is 10.2. The summed E-state index contributed by atoms with van der Waals surface area (Å²) < 4.78 is 0. The number of hydrogen-bond donors (Lipinski definition) is 1. The van der Waals surface area contributed by atoms with Gasteiger partial charge in [0, 0.05) is 12.1 Å². The highest BCUT2D eigenvalue weighted by atomic mass is 28.3. The third-order valence-corrected chi connectivity index (χ3v) is 5.39. The minimum Gasteiger partial charge on any atom is -0.331 e. The summed E-state index contributed by atoms with van der Waals surface area (Å²) >= 11 is 0. The lowest BCUT2D eigenvalue weighted by Gasteiger charge is -2.37. The molecule has 0 aromatic heterocycles. The monoisotopic (exact) mass is 202 g/mol. The van der Waals surface area contributed by atoms with Crippen molar-refractivity contribution in [2.24, 2.45) is 0 Å². The average molecular weight is 202 g/mol. The highest BCUT2D eigenvalue weighted by Crippen LogP contribution is 2.12. The first-order chi connectivity index (χ1) is 5.68. The predicted octanol–water partition coefficient (Wildman–Crippen LogP) is 2.14. The molecule has 0 saturated heterocycles. The molecule has 13 heavy (non-hydrogen) atoms. The van der Waals surface area contributed by atoms with Gasteiger partial charge in [-0.2, -0.15) is 0 Å². The minimum absolute atomic E-state index is 0.245. The molecule has 0 unspecified atom stereocenters. The van der Waals surface area contributed by atoms with E-state index in [4.69, 9.17) is 0 Å². The van der Waals surface area contributed by atoms with Crippen LogP contribution in [0.25, 0.3) is 0 Å². The molecule has 0 aromatic rings. The Morgan fingerprint density at radius 2 is 1.69 bits per heavy atom. The van der Waals surface area contributed by atoms with E-state index in [0.717, 1.165) is 6.54 Å². The second-order valence-electron chi connectivity index (χ2n) is 5.48. The zero-order valence-corrected chi connectivity index (χ0v) is 11.4. The first-order valence-electron chi connectivity index (χ1n) is 5.12. The Kier molecular flexibility index (Phi) is 4.62. The zero-order valence-electron chi connectivity index (χ0n) is 10.4. The van der Waals surface area contributed by atoms with Gasteiger partial charge < -0.3 is 9.88 Å². The fourth-order valence-corrected chi connectivity index (χ4v) is 3.92. The lowest BCUT2D eigenvalue weighted by atomic mass is 10.1. The summed E-state index contributed by atoms with van der Waals surface area (Å²) in [4.78, 5) is 6.05. The van der Waals surface area contributed by atoms with Crippen molar-refractivity contribution < 1.29 is 0 Å². The van der Waals surface area contributed by atoms with Crippen LogP contribution in [0.3, 0.4) is 0 Å². The van der Waals surface area contributed by atoms with E-state index in [1.54, 1.807) is 0 Å². The fraction of sp³-hybridized carbons (Fsp3) is 1.00. The van der Waals surface area contributed by atoms with E-state index >= 15 is 0 Å². The van der Waals surface area contributed by atoms with Gasteiger partial charge in [-0.1, -0.05) is 20.0 Å². The average Bonchev–Trinajstić information content (AvgIpc) is 1.81. The third kappa shape index (κ3) is 6.24. The van der Waals surface area contributed by atoms with Crippen LogP contribution < -0.4 is 4.98 Å². The quantitative estimate of drug-likeness (QED) is 0.687. The molecule has 0 heterocycles. The Balaban J connectivity index is 4.16. The lowest BCUT2D eigenvalue weighted by molar-refractivity contribution is 0.296. The molecular formula is C10H26N2Si. The Morgan fingerprint density at radius 1 is 1.23 bits per heavy atom. The molecule has 3 heteroatoms. The van der Waals surface area contributed by atoms with Crippen LogP contribution in [-0.4, -0.2) is 39.3 Å². The van der Waals surface area contributed by atoms with Gasteiger partial charge in [-0.25, -0.2) is 0 Å². The van der Waals surface area contributed by atoms with Crippen molar-refractivity contribution in [3.63, 3.8) is 0 Å². The molecule has 0 amide bonds. The lowest BCUT2D eigenvalue weighted by Crippen LogP contribution is -2.58. The van der Waals surface area contributed by atoms with Crippen molar-refractivity contribution in [2.45, 2.75) is 45.4 Å². The molecule has 2 nitrogen and oxygen atoms in total. The molecular weight excluding hydrogens is 176 g/mol. The first-order valence-corrected chi connectivity index (χ1v) is 8.33. The molecule has 0 atom stereocenters. The Hall–Kier alpha value is 0.137. The fourth-order valence-electron chi connectivity index (χ4n) is 1.83. The van der Waals surface area contributed by atoms with Crippen LogP contribution in [0, 0.1) is 0 Å². The number of rotatable bonds is 5. The maximum absolute atomic E-state index is 3.81. The molecule has 0 fully saturated rings. The Labute approximate surface area is 84.8 Å². The van der Waals surface area contributed by atoms with Crippen LogP contribution in [-0.2, 0) is 0 Å². The van der Waals surface area contributed by atoms with E-state index in [1.807, 2.05) is 0 Å². The largest absolute Gasteiger partial charge is 0.331 e. The highest BCUT2D eigenvalue weighted by molar-refractivity contribution is 6.75. The van der Waals surface area contributed by atoms with E-state index in [2.05, 4.69) is 57.8 Å². The highest BCUT2D eigenvalue weighted by Gasteiger charge is 2.27. The summed E-state index contributed by atoms with van der Waals surface area (Å²) in [6.07, 6.45) is 0. The van der Waals surface area contributed by atoms with Gasteiger partial charge in [0.1, 0.15) is 8.24 Å². The Morgan fingerprint density at radius 3 is 2.00 bits per heavy atom. The van der Waals surface area contributed by atoms with Gasteiger partial charge in [-0.15, -0.1) is 0 Å². The van der Waals surface area contributed by atoms with Gasteiger partial charge in [0.2, 0.25) is 0 Å². The van der Waals surface area contributed by atoms with Gasteiger partial charge in [0.05, 0.1) is 0 Å². The first kappa shape index (κ1) is 13.1. The van der Waals surface area contributed by atoms with E-state index in [9.17, 15) is 0 Å². The van der Waals surface area contributed by atoms with Gasteiger partial charge >= 0.3 is 0 Å². The van der Waals surface area contributed by atoms with Crippen molar-refractivity contribution in [1.82, 2.24) is 9.88 Å². The smallest absolute Gasteiger partial charge is 0.119 e. The summed E-state index contributed by atoms with van der Waals surface area (Å²) in [5.74, 6) is 0. The maximum Gasteiger partial charge on any atom is 0.119 e. The maximum atomic E-state index is 3.81. The molecule has 0 rings (SSSR count). The zero-order chi connectivity index (χ0) is 10.7. The molecule has 80 valence electrons. The summed E-state index contributed by atoms with van der Waals surface area (Å²) in [7, 11) is 3.10. The molecule has 0 aliphatic heterocycles. The van der Waals surface area contributed by atoms with Gasteiger partial charge in [0.25, 0.3) is 0 Å². The summed E-state index contributed by atoms with van der Waals surface area (Å²) in [5.41, 5.74) is 0.245. The molecule has 0 spiro atoms. The number of hydrogen-bond acceptors (Lipinski definition) is 2. The number of nitrogens with one attached hydrogen (secondary N) is 1. The summed E-state index contributed by atoms with van der Waals surface area (Å²) in [5, 5.41) is 0. The molecule has 1 N–H and O–H groups in total. The predicted molar refractivity (Wildman–Crippen MR) is 63.7 cm³/mol. The van der Waals surface area contributed by atoms with Gasteiger partial charge in [-0.3, -0.25) is 0 Å². The molecule has 0 saturated carbocycles. The normalized spacial score (nSPS) is 13.8. The molecule has 0 aliphatic carbocycles. The minimum atomic E-state index is -1.16. The van der Waals surface area contributed by atoms with Crippen molar-refractivity contribution in [1.29, 1.82) is 0 Å². The van der Waals surface area contributed by atoms with Gasteiger partial charge in [-0.05, 0) is 34.0 Å². The third-order valence-electron chi connectivity index (χ3n) is 2.27. The molecule has 0 aromatic carbocycles. The van der Waals surface area contributed by atoms with E-state index in [-0.39, 0.29) is 5.54 Å². The van der Waals surface area contributed by atoms with Crippen LogP contribution in [0.4, 0.5) is 0 Å². The van der Waals surface area contributed by atoms with E-state index in [0.29, 0.717) is 0 Å². The van der Waals surface area contributed by atoms with Crippen molar-refractivity contribution >= 4 is 8.24 Å². The molecule has 0 aliphatic rings. The van der Waals surface area contributed by atoms with E-state index in [1.165, 1.54) is 6.04 Å². The Bertz CT molecular complexity index is 153. The topological polar surface area (TPSA) is 15.3 Å².